The fourth-order valence-corrected chi connectivity index (χ4v) is 2.51. The second kappa shape index (κ2) is 7.96. The number of carbonyl (C=O) groups excluding carboxylic acids is 1. The molecule has 2 N–H and O–H groups in total. The second-order valence-electron chi connectivity index (χ2n) is 5.20. The summed E-state index contributed by atoms with van der Waals surface area (Å²) in [6.45, 7) is 0.381. The van der Waals surface area contributed by atoms with Gasteiger partial charge in [0, 0.05) is 30.8 Å². The molecule has 3 rings (SSSR count). The lowest BCUT2D eigenvalue weighted by atomic mass is 10.2. The maximum absolute atomic E-state index is 12.3. The maximum Gasteiger partial charge on any atom is 0.270 e. The Bertz CT molecular complexity index is 887. The summed E-state index contributed by atoms with van der Waals surface area (Å²) in [5.41, 5.74) is 2.55. The molecule has 1 amide bonds. The van der Waals surface area contributed by atoms with Gasteiger partial charge in [0.2, 0.25) is 0 Å². The normalized spacial score (nSPS) is 10.3. The quantitative estimate of drug-likeness (QED) is 0.693. The summed E-state index contributed by atoms with van der Waals surface area (Å²) in [5.74, 6) is -0.273. The minimum absolute atomic E-state index is 0.273. The number of nitrogens with zero attached hydrogens (tertiary/aromatic N) is 2. The van der Waals surface area contributed by atoms with Crippen molar-refractivity contribution in [3.8, 4) is 0 Å². The van der Waals surface area contributed by atoms with Crippen molar-refractivity contribution < 1.29 is 4.79 Å². The molecule has 25 heavy (non-hydrogen) atoms. The molecule has 0 unspecified atom stereocenters. The average Bonchev–Trinajstić information content (AvgIpc) is 2.64. The van der Waals surface area contributed by atoms with Gasteiger partial charge in [-0.15, -0.1) is 0 Å². The summed E-state index contributed by atoms with van der Waals surface area (Å²) in [6.07, 6.45) is 4.94. The van der Waals surface area contributed by atoms with E-state index in [-0.39, 0.29) is 5.91 Å². The van der Waals surface area contributed by atoms with Crippen LogP contribution in [0.3, 0.4) is 0 Å². The first-order valence-electron chi connectivity index (χ1n) is 7.47. The lowest BCUT2D eigenvalue weighted by Crippen LogP contribution is -2.23. The fraction of sp³-hybridized carbons (Fsp3) is 0.0556. The molecular formula is C18H14Cl2N4O. The highest BCUT2D eigenvalue weighted by Gasteiger charge is 2.09. The van der Waals surface area contributed by atoms with Gasteiger partial charge in [0.15, 0.2) is 0 Å². The molecule has 0 spiro atoms. The van der Waals surface area contributed by atoms with Crippen LogP contribution in [0.25, 0.3) is 0 Å². The Morgan fingerprint density at radius 2 is 1.96 bits per heavy atom. The van der Waals surface area contributed by atoms with Crippen molar-refractivity contribution >= 4 is 40.5 Å². The molecule has 0 bridgehead atoms. The number of hydrogen-bond donors (Lipinski definition) is 2. The van der Waals surface area contributed by atoms with Crippen molar-refractivity contribution in [2.45, 2.75) is 6.54 Å². The number of anilines is 2. The molecule has 0 aliphatic rings. The Kier molecular flexibility index (Phi) is 5.48. The third-order valence-electron chi connectivity index (χ3n) is 3.40. The smallest absolute Gasteiger partial charge is 0.270 e. The van der Waals surface area contributed by atoms with E-state index in [0.29, 0.717) is 33.7 Å². The molecule has 0 saturated heterocycles. The van der Waals surface area contributed by atoms with Crippen molar-refractivity contribution in [2.75, 3.05) is 5.32 Å². The predicted molar refractivity (Wildman–Crippen MR) is 99.4 cm³/mol. The van der Waals surface area contributed by atoms with Gasteiger partial charge in [0.05, 0.1) is 15.7 Å². The Balaban J connectivity index is 1.70. The van der Waals surface area contributed by atoms with Crippen LogP contribution in [0.1, 0.15) is 16.1 Å². The minimum Gasteiger partial charge on any atom is -0.354 e. The van der Waals surface area contributed by atoms with Gasteiger partial charge in [-0.1, -0.05) is 35.3 Å². The van der Waals surface area contributed by atoms with Crippen molar-refractivity contribution in [1.29, 1.82) is 0 Å². The van der Waals surface area contributed by atoms with E-state index in [9.17, 15) is 4.79 Å². The van der Waals surface area contributed by atoms with Crippen molar-refractivity contribution in [1.82, 2.24) is 15.3 Å². The molecule has 0 atom stereocenters. The molecule has 0 aliphatic heterocycles. The Morgan fingerprint density at radius 3 is 2.76 bits per heavy atom. The topological polar surface area (TPSA) is 66.9 Å². The van der Waals surface area contributed by atoms with Crippen LogP contribution < -0.4 is 10.6 Å². The van der Waals surface area contributed by atoms with E-state index < -0.39 is 0 Å². The van der Waals surface area contributed by atoms with E-state index >= 15 is 0 Å². The van der Waals surface area contributed by atoms with Crippen molar-refractivity contribution in [3.05, 3.63) is 82.4 Å². The summed E-state index contributed by atoms with van der Waals surface area (Å²) in [6, 6.07) is 12.4. The number of nitrogens with one attached hydrogen (secondary N) is 2. The summed E-state index contributed by atoms with van der Waals surface area (Å²) in [4.78, 5) is 20.4. The summed E-state index contributed by atoms with van der Waals surface area (Å²) < 4.78 is 0. The number of hydrogen-bond acceptors (Lipinski definition) is 4. The van der Waals surface area contributed by atoms with E-state index in [4.69, 9.17) is 23.2 Å². The predicted octanol–water partition coefficient (Wildman–Crippen LogP) is 4.46. The second-order valence-corrected chi connectivity index (χ2v) is 5.99. The maximum atomic E-state index is 12.3. The molecular weight excluding hydrogens is 359 g/mol. The Labute approximate surface area is 155 Å². The van der Waals surface area contributed by atoms with Crippen LogP contribution in [-0.4, -0.2) is 15.9 Å². The summed E-state index contributed by atoms with van der Waals surface area (Å²) in [7, 11) is 0. The van der Waals surface area contributed by atoms with E-state index in [2.05, 4.69) is 20.6 Å². The third kappa shape index (κ3) is 4.47. The first kappa shape index (κ1) is 17.2. The number of carbonyl (C=O) groups is 1. The number of halogens is 2. The molecule has 0 radical (unpaired) electrons. The molecule has 0 fully saturated rings. The van der Waals surface area contributed by atoms with Crippen LogP contribution >= 0.6 is 23.2 Å². The summed E-state index contributed by atoms with van der Waals surface area (Å²) >= 11 is 12.2. The molecule has 126 valence electrons. The van der Waals surface area contributed by atoms with Crippen molar-refractivity contribution in [3.63, 3.8) is 0 Å². The highest BCUT2D eigenvalue weighted by molar-refractivity contribution is 6.43. The Morgan fingerprint density at radius 1 is 1.08 bits per heavy atom. The lowest BCUT2D eigenvalue weighted by Gasteiger charge is -2.10. The number of pyridine rings is 2. The highest BCUT2D eigenvalue weighted by atomic mass is 35.5. The monoisotopic (exact) mass is 372 g/mol. The third-order valence-corrected chi connectivity index (χ3v) is 4.22. The SMILES string of the molecule is O=C(NCc1cccnc1)c1cc(Nc2cccc(Cl)c2Cl)ccn1. The van der Waals surface area contributed by atoms with Crippen LogP contribution in [0.5, 0.6) is 0 Å². The van der Waals surface area contributed by atoms with E-state index in [1.807, 2.05) is 12.1 Å². The van der Waals surface area contributed by atoms with E-state index in [0.717, 1.165) is 5.56 Å². The fourth-order valence-electron chi connectivity index (χ4n) is 2.16. The molecule has 7 heteroatoms. The van der Waals surface area contributed by atoms with Gasteiger partial charge < -0.3 is 10.6 Å². The molecule has 5 nitrogen and oxygen atoms in total. The molecule has 1 aromatic carbocycles. The highest BCUT2D eigenvalue weighted by Crippen LogP contribution is 2.31. The summed E-state index contributed by atoms with van der Waals surface area (Å²) in [5, 5.41) is 6.82. The van der Waals surface area contributed by atoms with Gasteiger partial charge in [0.1, 0.15) is 5.69 Å². The number of amides is 1. The molecule has 2 heterocycles. The molecule has 0 aliphatic carbocycles. The molecule has 0 saturated carbocycles. The zero-order valence-electron chi connectivity index (χ0n) is 13.0. The number of rotatable bonds is 5. The van der Waals surface area contributed by atoms with Crippen LogP contribution in [0.4, 0.5) is 11.4 Å². The number of benzene rings is 1. The van der Waals surface area contributed by atoms with Crippen LogP contribution in [0.15, 0.2) is 61.1 Å². The van der Waals surface area contributed by atoms with E-state index in [1.165, 1.54) is 0 Å². The van der Waals surface area contributed by atoms with Crippen LogP contribution in [0.2, 0.25) is 10.0 Å². The van der Waals surface area contributed by atoms with Gasteiger partial charge in [-0.05, 0) is 35.9 Å². The first-order valence-corrected chi connectivity index (χ1v) is 8.23. The van der Waals surface area contributed by atoms with Crippen molar-refractivity contribution in [2.24, 2.45) is 0 Å². The van der Waals surface area contributed by atoms with Crippen LogP contribution in [-0.2, 0) is 6.54 Å². The average molecular weight is 373 g/mol. The zero-order valence-corrected chi connectivity index (χ0v) is 14.6. The van der Waals surface area contributed by atoms with E-state index in [1.54, 1.807) is 48.9 Å². The largest absolute Gasteiger partial charge is 0.354 e. The Hall–Kier alpha value is -2.63. The number of aromatic nitrogens is 2. The van der Waals surface area contributed by atoms with Gasteiger partial charge >= 0.3 is 0 Å². The standard InChI is InChI=1S/C18H14Cl2N4O/c19-14-4-1-5-15(17(14)20)24-13-6-8-22-16(9-13)18(25)23-11-12-3-2-7-21-10-12/h1-10H,11H2,(H,22,24)(H,23,25). The van der Waals surface area contributed by atoms with Gasteiger partial charge in [0.25, 0.3) is 5.91 Å². The van der Waals surface area contributed by atoms with Gasteiger partial charge in [-0.2, -0.15) is 0 Å². The van der Waals surface area contributed by atoms with Gasteiger partial charge in [-0.3, -0.25) is 14.8 Å². The van der Waals surface area contributed by atoms with Crippen LogP contribution in [0, 0.1) is 0 Å². The minimum atomic E-state index is -0.273. The zero-order chi connectivity index (χ0) is 17.6. The first-order chi connectivity index (χ1) is 12.1. The lowest BCUT2D eigenvalue weighted by molar-refractivity contribution is 0.0946. The molecule has 2 aromatic heterocycles. The molecule has 3 aromatic rings. The van der Waals surface area contributed by atoms with Gasteiger partial charge in [-0.25, -0.2) is 0 Å².